The van der Waals surface area contributed by atoms with Crippen molar-refractivity contribution >= 4 is 36.5 Å². The summed E-state index contributed by atoms with van der Waals surface area (Å²) >= 11 is 0. The minimum atomic E-state index is -0.0304. The number of nitrogens with one attached hydrogen (secondary N) is 2. The smallest absolute Gasteiger partial charge is 0.167 e. The average molecular weight is 379 g/mol. The van der Waals surface area contributed by atoms with Gasteiger partial charge in [-0.1, -0.05) is 29.4 Å². The predicted octanol–water partition coefficient (Wildman–Crippen LogP) is 2.82. The highest BCUT2D eigenvalue weighted by molar-refractivity contribution is 5.96. The van der Waals surface area contributed by atoms with E-state index in [1.807, 2.05) is 0 Å². The van der Waals surface area contributed by atoms with E-state index in [4.69, 9.17) is 26.8 Å². The summed E-state index contributed by atoms with van der Waals surface area (Å²) in [6.07, 6.45) is 1.57. The van der Waals surface area contributed by atoms with Crippen molar-refractivity contribution < 1.29 is 4.52 Å². The van der Waals surface area contributed by atoms with Crippen LogP contribution in [0.1, 0.15) is 11.1 Å². The van der Waals surface area contributed by atoms with E-state index in [0.717, 1.165) is 5.56 Å². The molecular formula is C16H16Cl2N6O. The Balaban J connectivity index is 0.00000156. The fourth-order valence-electron chi connectivity index (χ4n) is 2.08. The van der Waals surface area contributed by atoms with Crippen LogP contribution in [0.3, 0.4) is 0 Å². The zero-order valence-corrected chi connectivity index (χ0v) is 14.5. The highest BCUT2D eigenvalue weighted by Crippen LogP contribution is 2.25. The van der Waals surface area contributed by atoms with Crippen molar-refractivity contribution in [3.63, 3.8) is 0 Å². The first-order chi connectivity index (χ1) is 11.0. The molecule has 0 aliphatic rings. The lowest BCUT2D eigenvalue weighted by Gasteiger charge is -1.99. The first-order valence-electron chi connectivity index (χ1n) is 6.77. The molecule has 0 atom stereocenters. The molecule has 130 valence electrons. The van der Waals surface area contributed by atoms with Crippen LogP contribution < -0.4 is 11.5 Å². The molecule has 0 amide bonds. The molecule has 3 aromatic rings. The topological polar surface area (TPSA) is 139 Å². The van der Waals surface area contributed by atoms with Gasteiger partial charge in [-0.3, -0.25) is 15.8 Å². The minimum Gasteiger partial charge on any atom is -0.384 e. The fraction of sp³-hybridized carbons (Fsp3) is 0. The van der Waals surface area contributed by atoms with E-state index in [9.17, 15) is 0 Å². The molecule has 25 heavy (non-hydrogen) atoms. The zero-order valence-electron chi connectivity index (χ0n) is 12.9. The average Bonchev–Trinajstić information content (AvgIpc) is 3.05. The molecule has 6 N–H and O–H groups in total. The van der Waals surface area contributed by atoms with Crippen molar-refractivity contribution in [3.8, 4) is 22.7 Å². The van der Waals surface area contributed by atoms with Gasteiger partial charge in [0, 0.05) is 29.0 Å². The van der Waals surface area contributed by atoms with Crippen LogP contribution in [0.25, 0.3) is 22.7 Å². The number of halogens is 2. The molecule has 2 heterocycles. The second-order valence-electron chi connectivity index (χ2n) is 4.91. The van der Waals surface area contributed by atoms with E-state index in [-0.39, 0.29) is 36.5 Å². The molecule has 1 aromatic carbocycles. The van der Waals surface area contributed by atoms with Gasteiger partial charge >= 0.3 is 0 Å². The van der Waals surface area contributed by atoms with Gasteiger partial charge in [0.2, 0.25) is 0 Å². The van der Waals surface area contributed by atoms with Crippen LogP contribution in [0.15, 0.2) is 53.2 Å². The molecule has 7 nitrogen and oxygen atoms in total. The fourth-order valence-corrected chi connectivity index (χ4v) is 2.08. The summed E-state index contributed by atoms with van der Waals surface area (Å²) in [6, 6.07) is 12.2. The van der Waals surface area contributed by atoms with Gasteiger partial charge in [-0.25, -0.2) is 0 Å². The number of benzene rings is 1. The van der Waals surface area contributed by atoms with Gasteiger partial charge in [0.05, 0.1) is 5.69 Å². The Kier molecular flexibility index (Phi) is 6.67. The van der Waals surface area contributed by atoms with Gasteiger partial charge < -0.3 is 16.0 Å². The molecule has 0 fully saturated rings. The Labute approximate surface area is 156 Å². The number of nitrogens with two attached hydrogens (primary N) is 2. The maximum Gasteiger partial charge on any atom is 0.167 e. The van der Waals surface area contributed by atoms with Crippen molar-refractivity contribution in [3.05, 3.63) is 59.8 Å². The lowest BCUT2D eigenvalue weighted by Crippen LogP contribution is -2.11. The molecule has 0 saturated heterocycles. The lowest BCUT2D eigenvalue weighted by atomic mass is 10.1. The van der Waals surface area contributed by atoms with Crippen LogP contribution in [0.2, 0.25) is 0 Å². The summed E-state index contributed by atoms with van der Waals surface area (Å²) in [5, 5.41) is 18.9. The van der Waals surface area contributed by atoms with Gasteiger partial charge in [0.25, 0.3) is 0 Å². The Morgan fingerprint density at radius 2 is 1.48 bits per heavy atom. The summed E-state index contributed by atoms with van der Waals surface area (Å²) in [4.78, 5) is 4.22. The molecule has 0 bridgehead atoms. The number of hydrogen-bond donors (Lipinski definition) is 4. The predicted molar refractivity (Wildman–Crippen MR) is 102 cm³/mol. The molecule has 0 saturated carbocycles. The summed E-state index contributed by atoms with van der Waals surface area (Å²) in [7, 11) is 0. The van der Waals surface area contributed by atoms with Crippen LogP contribution in [0.4, 0.5) is 0 Å². The molecule has 0 aliphatic heterocycles. The molecule has 0 radical (unpaired) electrons. The Bertz CT molecular complexity index is 892. The summed E-state index contributed by atoms with van der Waals surface area (Å²) < 4.78 is 5.35. The highest BCUT2D eigenvalue weighted by Gasteiger charge is 2.11. The third-order valence-corrected chi connectivity index (χ3v) is 3.32. The molecule has 0 aliphatic carbocycles. The number of rotatable bonds is 4. The van der Waals surface area contributed by atoms with E-state index in [1.165, 1.54) is 0 Å². The van der Waals surface area contributed by atoms with Gasteiger partial charge in [0.15, 0.2) is 5.76 Å². The highest BCUT2D eigenvalue weighted by atomic mass is 35.5. The van der Waals surface area contributed by atoms with Crippen molar-refractivity contribution in [2.24, 2.45) is 11.5 Å². The number of aromatic nitrogens is 2. The second kappa shape index (κ2) is 8.27. The quantitative estimate of drug-likeness (QED) is 0.408. The Morgan fingerprint density at radius 3 is 2.08 bits per heavy atom. The van der Waals surface area contributed by atoms with Gasteiger partial charge in [-0.15, -0.1) is 24.8 Å². The Morgan fingerprint density at radius 1 is 0.840 bits per heavy atom. The number of amidine groups is 2. The molecule has 0 unspecified atom stereocenters. The maximum atomic E-state index is 7.47. The monoisotopic (exact) mass is 378 g/mol. The van der Waals surface area contributed by atoms with Gasteiger partial charge in [-0.2, -0.15) is 0 Å². The van der Waals surface area contributed by atoms with Crippen LogP contribution in [-0.4, -0.2) is 21.8 Å². The SMILES string of the molecule is Cl.Cl.N=C(N)c1ccc(-c2cc(-c3cc(C(=N)N)ccn3)no2)cc1. The van der Waals surface area contributed by atoms with Gasteiger partial charge in [0.1, 0.15) is 17.4 Å². The molecule has 2 aromatic heterocycles. The maximum absolute atomic E-state index is 7.47. The van der Waals surface area contributed by atoms with Crippen molar-refractivity contribution in [1.29, 1.82) is 10.8 Å². The third-order valence-electron chi connectivity index (χ3n) is 3.32. The lowest BCUT2D eigenvalue weighted by molar-refractivity contribution is 0.434. The number of pyridine rings is 1. The number of nitrogens with zero attached hydrogens (tertiary/aromatic N) is 2. The summed E-state index contributed by atoms with van der Waals surface area (Å²) in [5.41, 5.74) is 14.1. The van der Waals surface area contributed by atoms with Crippen LogP contribution >= 0.6 is 24.8 Å². The first-order valence-corrected chi connectivity index (χ1v) is 6.77. The second-order valence-corrected chi connectivity index (χ2v) is 4.91. The van der Waals surface area contributed by atoms with Crippen molar-refractivity contribution in [1.82, 2.24) is 10.1 Å². The van der Waals surface area contributed by atoms with E-state index in [0.29, 0.717) is 28.3 Å². The minimum absolute atomic E-state index is 0. The molecule has 0 spiro atoms. The third kappa shape index (κ3) is 4.34. The largest absolute Gasteiger partial charge is 0.384 e. The standard InChI is InChI=1S/C16H14N6O.2ClH/c17-15(18)10-3-1-9(2-4-10)14-8-13(22-23-14)12-7-11(16(19)20)5-6-21-12;;/h1-8H,(H3,17,18)(H3,19,20);2*1H. The number of hydrogen-bond acceptors (Lipinski definition) is 5. The molecular weight excluding hydrogens is 363 g/mol. The first kappa shape index (κ1) is 20.1. The zero-order chi connectivity index (χ0) is 16.4. The Hall–Kier alpha value is -2.90. The van der Waals surface area contributed by atoms with Crippen LogP contribution in [0.5, 0.6) is 0 Å². The molecule has 9 heteroatoms. The van der Waals surface area contributed by atoms with Crippen molar-refractivity contribution in [2.75, 3.05) is 0 Å². The van der Waals surface area contributed by atoms with E-state index >= 15 is 0 Å². The number of nitrogen functional groups attached to an aromatic ring is 2. The van der Waals surface area contributed by atoms with Crippen molar-refractivity contribution in [2.45, 2.75) is 0 Å². The van der Waals surface area contributed by atoms with Crippen LogP contribution in [-0.2, 0) is 0 Å². The van der Waals surface area contributed by atoms with E-state index in [1.54, 1.807) is 48.7 Å². The van der Waals surface area contributed by atoms with Gasteiger partial charge in [-0.05, 0) is 12.1 Å². The van der Waals surface area contributed by atoms with E-state index < -0.39 is 0 Å². The summed E-state index contributed by atoms with van der Waals surface area (Å²) in [5.74, 6) is 0.558. The van der Waals surface area contributed by atoms with E-state index in [2.05, 4.69) is 10.1 Å². The summed E-state index contributed by atoms with van der Waals surface area (Å²) in [6.45, 7) is 0. The van der Waals surface area contributed by atoms with Crippen LogP contribution in [0, 0.1) is 10.8 Å². The normalized spacial score (nSPS) is 9.60. The molecule has 3 rings (SSSR count).